The fraction of sp³-hybridized carbons (Fsp3) is 0.300. The lowest BCUT2D eigenvalue weighted by Crippen LogP contribution is -2.35. The van der Waals surface area contributed by atoms with E-state index in [1.54, 1.807) is 12.1 Å². The molecule has 1 aliphatic rings. The Morgan fingerprint density at radius 3 is 3.07 bits per heavy atom. The molecule has 0 aliphatic carbocycles. The number of carbonyl (C=O) groups excluding carboxylic acids is 1. The molecule has 5 heteroatoms. The lowest BCUT2D eigenvalue weighted by Gasteiger charge is -2.24. The molecule has 0 aromatic heterocycles. The van der Waals surface area contributed by atoms with Crippen LogP contribution >= 0.6 is 11.6 Å². The molecule has 15 heavy (non-hydrogen) atoms. The fourth-order valence-corrected chi connectivity index (χ4v) is 1.73. The van der Waals surface area contributed by atoms with Gasteiger partial charge in [-0.2, -0.15) is 0 Å². The van der Waals surface area contributed by atoms with Gasteiger partial charge in [-0.15, -0.1) is 0 Å². The van der Waals surface area contributed by atoms with Crippen molar-refractivity contribution < 1.29 is 13.9 Å². The van der Waals surface area contributed by atoms with Crippen LogP contribution in [-0.2, 0) is 4.74 Å². The van der Waals surface area contributed by atoms with Crippen LogP contribution < -0.4 is 5.32 Å². The second-order valence-electron chi connectivity index (χ2n) is 3.26. The Hall–Kier alpha value is -1.29. The van der Waals surface area contributed by atoms with Gasteiger partial charge in [-0.1, -0.05) is 23.7 Å². The van der Waals surface area contributed by atoms with Crippen LogP contribution in [0, 0.1) is 5.82 Å². The minimum absolute atomic E-state index is 0.0632. The van der Waals surface area contributed by atoms with E-state index >= 15 is 0 Å². The van der Waals surface area contributed by atoms with Gasteiger partial charge in [-0.05, 0) is 6.07 Å². The molecule has 80 valence electrons. The van der Waals surface area contributed by atoms with Crippen LogP contribution in [-0.4, -0.2) is 12.7 Å². The van der Waals surface area contributed by atoms with Crippen LogP contribution in [0.4, 0.5) is 9.18 Å². The smallest absolute Gasteiger partial charge is 0.407 e. The maximum Gasteiger partial charge on any atom is 0.407 e. The summed E-state index contributed by atoms with van der Waals surface area (Å²) < 4.78 is 18.3. The number of carbonyl (C=O) groups is 1. The molecule has 0 unspecified atom stereocenters. The van der Waals surface area contributed by atoms with Gasteiger partial charge < -0.3 is 10.1 Å². The Kier molecular flexibility index (Phi) is 2.77. The number of hydrogen-bond donors (Lipinski definition) is 1. The van der Waals surface area contributed by atoms with E-state index in [-0.39, 0.29) is 11.1 Å². The van der Waals surface area contributed by atoms with Gasteiger partial charge in [0.15, 0.2) is 0 Å². The molecule has 0 spiro atoms. The van der Waals surface area contributed by atoms with E-state index < -0.39 is 11.9 Å². The molecule has 3 nitrogen and oxygen atoms in total. The Balaban J connectivity index is 2.28. The van der Waals surface area contributed by atoms with Gasteiger partial charge in [0.05, 0.1) is 17.7 Å². The summed E-state index contributed by atoms with van der Waals surface area (Å²) in [6, 6.07) is 4.38. The average Bonchev–Trinajstić information content (AvgIpc) is 2.22. The molecular formula is C10H9ClFNO2. The van der Waals surface area contributed by atoms with Gasteiger partial charge >= 0.3 is 6.09 Å². The van der Waals surface area contributed by atoms with Crippen LogP contribution in [0.5, 0.6) is 0 Å². The molecule has 0 saturated carbocycles. The first-order valence-corrected chi connectivity index (χ1v) is 4.93. The van der Waals surface area contributed by atoms with Crippen molar-refractivity contribution in [2.24, 2.45) is 0 Å². The van der Waals surface area contributed by atoms with Crippen molar-refractivity contribution in [3.8, 4) is 0 Å². The first-order chi connectivity index (χ1) is 7.18. The number of rotatable bonds is 1. The summed E-state index contributed by atoms with van der Waals surface area (Å²) in [5.41, 5.74) is 0.402. The zero-order valence-corrected chi connectivity index (χ0v) is 8.55. The standard InChI is InChI=1S/C10H9ClFNO2/c11-7-3-1-2-6(9(7)12)8-4-5-15-10(14)13-8/h1-3,8H,4-5H2,(H,13,14)/t8-/m1/s1. The number of hydrogen-bond acceptors (Lipinski definition) is 2. The molecule has 1 N–H and O–H groups in total. The largest absolute Gasteiger partial charge is 0.449 e. The molecule has 1 atom stereocenters. The highest BCUT2D eigenvalue weighted by molar-refractivity contribution is 6.30. The highest BCUT2D eigenvalue weighted by atomic mass is 35.5. The van der Waals surface area contributed by atoms with Gasteiger partial charge in [-0.3, -0.25) is 0 Å². The summed E-state index contributed by atoms with van der Waals surface area (Å²) in [6.45, 7) is 0.294. The molecule has 1 fully saturated rings. The van der Waals surface area contributed by atoms with Gasteiger partial charge in [0.1, 0.15) is 5.82 Å². The third-order valence-corrected chi connectivity index (χ3v) is 2.58. The van der Waals surface area contributed by atoms with Gasteiger partial charge in [0.2, 0.25) is 0 Å². The van der Waals surface area contributed by atoms with Gasteiger partial charge in [0, 0.05) is 12.0 Å². The van der Waals surface area contributed by atoms with E-state index in [4.69, 9.17) is 16.3 Å². The van der Waals surface area contributed by atoms with Crippen molar-refractivity contribution in [1.82, 2.24) is 5.32 Å². The lowest BCUT2D eigenvalue weighted by atomic mass is 10.0. The van der Waals surface area contributed by atoms with Crippen molar-refractivity contribution in [3.63, 3.8) is 0 Å². The summed E-state index contributed by atoms with van der Waals surface area (Å²) in [6.07, 6.45) is 0.0221. The first-order valence-electron chi connectivity index (χ1n) is 4.55. The van der Waals surface area contributed by atoms with Crippen LogP contribution in [0.15, 0.2) is 18.2 Å². The molecule has 2 rings (SSSR count). The predicted molar refractivity (Wildman–Crippen MR) is 53.3 cm³/mol. The molecular weight excluding hydrogens is 221 g/mol. The predicted octanol–water partition coefficient (Wildman–Crippen LogP) is 2.65. The highest BCUT2D eigenvalue weighted by Crippen LogP contribution is 2.26. The van der Waals surface area contributed by atoms with Crippen molar-refractivity contribution >= 4 is 17.7 Å². The quantitative estimate of drug-likeness (QED) is 0.804. The summed E-state index contributed by atoms with van der Waals surface area (Å²) in [5.74, 6) is -0.480. The third-order valence-electron chi connectivity index (χ3n) is 2.29. The van der Waals surface area contributed by atoms with E-state index in [9.17, 15) is 9.18 Å². The molecule has 1 aliphatic heterocycles. The summed E-state index contributed by atoms with van der Waals surface area (Å²) in [5, 5.41) is 2.60. The SMILES string of the molecule is O=C1N[C@@H](c2cccc(Cl)c2F)CCO1. The zero-order chi connectivity index (χ0) is 10.8. The Bertz CT molecular complexity index is 397. The third kappa shape index (κ3) is 2.04. The fourth-order valence-electron chi connectivity index (χ4n) is 1.55. The zero-order valence-electron chi connectivity index (χ0n) is 7.80. The first kappa shape index (κ1) is 10.2. The summed E-state index contributed by atoms with van der Waals surface area (Å²) in [7, 11) is 0. The highest BCUT2D eigenvalue weighted by Gasteiger charge is 2.23. The summed E-state index contributed by atoms with van der Waals surface area (Å²) >= 11 is 5.65. The Morgan fingerprint density at radius 2 is 2.33 bits per heavy atom. The van der Waals surface area contributed by atoms with Crippen LogP contribution in [0.3, 0.4) is 0 Å². The number of cyclic esters (lactones) is 1. The molecule has 1 aromatic rings. The molecule has 1 aromatic carbocycles. The van der Waals surface area contributed by atoms with E-state index in [0.29, 0.717) is 18.6 Å². The normalized spacial score (nSPS) is 20.7. The second-order valence-corrected chi connectivity index (χ2v) is 3.67. The van der Waals surface area contributed by atoms with Crippen molar-refractivity contribution in [2.45, 2.75) is 12.5 Å². The number of ether oxygens (including phenoxy) is 1. The summed E-state index contributed by atoms with van der Waals surface area (Å²) in [4.78, 5) is 11.0. The topological polar surface area (TPSA) is 38.3 Å². The van der Waals surface area contributed by atoms with Crippen LogP contribution in [0.25, 0.3) is 0 Å². The number of halogens is 2. The second kappa shape index (κ2) is 4.06. The lowest BCUT2D eigenvalue weighted by molar-refractivity contribution is 0.115. The number of nitrogens with one attached hydrogen (secondary N) is 1. The van der Waals surface area contributed by atoms with E-state index in [1.165, 1.54) is 6.07 Å². The maximum absolute atomic E-state index is 13.6. The van der Waals surface area contributed by atoms with Crippen molar-refractivity contribution in [1.29, 1.82) is 0 Å². The number of benzene rings is 1. The van der Waals surface area contributed by atoms with E-state index in [1.807, 2.05) is 0 Å². The average molecular weight is 230 g/mol. The van der Waals surface area contributed by atoms with Crippen LogP contribution in [0.2, 0.25) is 5.02 Å². The number of alkyl carbamates (subject to hydrolysis) is 1. The minimum atomic E-state index is -0.523. The molecule has 0 radical (unpaired) electrons. The maximum atomic E-state index is 13.6. The van der Waals surface area contributed by atoms with Crippen LogP contribution in [0.1, 0.15) is 18.0 Å². The Morgan fingerprint density at radius 1 is 1.53 bits per heavy atom. The van der Waals surface area contributed by atoms with Gasteiger partial charge in [0.25, 0.3) is 0 Å². The van der Waals surface area contributed by atoms with Crippen molar-refractivity contribution in [3.05, 3.63) is 34.6 Å². The monoisotopic (exact) mass is 229 g/mol. The van der Waals surface area contributed by atoms with E-state index in [2.05, 4.69) is 5.32 Å². The van der Waals surface area contributed by atoms with Crippen molar-refractivity contribution in [2.75, 3.05) is 6.61 Å². The molecule has 0 bridgehead atoms. The molecule has 1 amide bonds. The van der Waals surface area contributed by atoms with E-state index in [0.717, 1.165) is 0 Å². The molecule has 1 heterocycles. The Labute approximate surface area is 91.2 Å². The molecule has 1 saturated heterocycles. The van der Waals surface area contributed by atoms with Gasteiger partial charge in [-0.25, -0.2) is 9.18 Å². The minimum Gasteiger partial charge on any atom is -0.449 e. The number of amides is 1.